The van der Waals surface area contributed by atoms with Crippen LogP contribution in [0, 0.1) is 13.8 Å². The van der Waals surface area contributed by atoms with Gasteiger partial charge >= 0.3 is 0 Å². The van der Waals surface area contributed by atoms with Gasteiger partial charge in [-0.3, -0.25) is 13.9 Å². The standard InChI is InChI=1S/C37H33ClN4O5S/c1-26-7-17-31(18-8-26)40-36(43)25-47-32-19-13-28(14-20-32)23-39-41-37(44)34-5-3-4-6-35(34)42(24-29-11-15-30(38)16-12-29)48(45,46)33-21-9-27(2)10-22-33/h3-23H,24-25H2,1-2H3,(H,40,43)(H,41,44)/b39-23-. The molecule has 244 valence electrons. The number of para-hydroxylation sites is 1. The monoisotopic (exact) mass is 680 g/mol. The maximum Gasteiger partial charge on any atom is 0.273 e. The highest BCUT2D eigenvalue weighted by Gasteiger charge is 2.28. The van der Waals surface area contributed by atoms with Gasteiger partial charge < -0.3 is 10.1 Å². The molecule has 48 heavy (non-hydrogen) atoms. The van der Waals surface area contributed by atoms with Gasteiger partial charge in [-0.05, 0) is 97.8 Å². The summed E-state index contributed by atoms with van der Waals surface area (Å²) in [5.41, 5.74) is 6.85. The summed E-state index contributed by atoms with van der Waals surface area (Å²) in [4.78, 5) is 25.7. The van der Waals surface area contributed by atoms with Crippen LogP contribution in [0.4, 0.5) is 11.4 Å². The number of sulfonamides is 1. The second-order valence-corrected chi connectivity index (χ2v) is 13.2. The molecule has 11 heteroatoms. The molecule has 0 radical (unpaired) electrons. The molecule has 5 aromatic rings. The highest BCUT2D eigenvalue weighted by Crippen LogP contribution is 2.30. The zero-order valence-electron chi connectivity index (χ0n) is 26.3. The summed E-state index contributed by atoms with van der Waals surface area (Å²) in [7, 11) is -4.09. The third-order valence-electron chi connectivity index (χ3n) is 7.23. The molecule has 0 atom stereocenters. The number of carbonyl (C=O) groups is 2. The Morgan fingerprint density at radius 2 is 1.44 bits per heavy atom. The van der Waals surface area contributed by atoms with Crippen molar-refractivity contribution in [2.45, 2.75) is 25.3 Å². The molecule has 5 aromatic carbocycles. The molecule has 0 aliphatic carbocycles. The molecule has 0 saturated heterocycles. The second kappa shape index (κ2) is 15.4. The number of hydrazone groups is 1. The van der Waals surface area contributed by atoms with Crippen LogP contribution in [-0.2, 0) is 21.4 Å². The third kappa shape index (κ3) is 8.87. The van der Waals surface area contributed by atoms with Crippen molar-refractivity contribution in [3.05, 3.63) is 154 Å². The molecule has 0 aliphatic heterocycles. The quantitative estimate of drug-likeness (QED) is 0.107. The van der Waals surface area contributed by atoms with Crippen LogP contribution in [0.3, 0.4) is 0 Å². The maximum atomic E-state index is 14.0. The van der Waals surface area contributed by atoms with Crippen molar-refractivity contribution in [3.8, 4) is 5.75 Å². The largest absolute Gasteiger partial charge is 0.484 e. The molecule has 9 nitrogen and oxygen atoms in total. The fourth-order valence-electron chi connectivity index (χ4n) is 4.63. The number of carbonyl (C=O) groups excluding carboxylic acids is 2. The van der Waals surface area contributed by atoms with E-state index >= 15 is 0 Å². The van der Waals surface area contributed by atoms with Crippen molar-refractivity contribution in [2.24, 2.45) is 5.10 Å². The number of hydrogen-bond acceptors (Lipinski definition) is 6. The number of amides is 2. The Balaban J connectivity index is 1.27. The lowest BCUT2D eigenvalue weighted by Gasteiger charge is -2.26. The van der Waals surface area contributed by atoms with Crippen molar-refractivity contribution in [2.75, 3.05) is 16.2 Å². The minimum absolute atomic E-state index is 0.0387. The lowest BCUT2D eigenvalue weighted by Crippen LogP contribution is -2.33. The summed E-state index contributed by atoms with van der Waals surface area (Å²) in [6.45, 7) is 3.64. The van der Waals surface area contributed by atoms with Crippen LogP contribution in [0.2, 0.25) is 5.02 Å². The molecular formula is C37H33ClN4O5S. The van der Waals surface area contributed by atoms with Gasteiger partial charge in [0.1, 0.15) is 5.75 Å². The number of rotatable bonds is 12. The van der Waals surface area contributed by atoms with Gasteiger partial charge in [0.15, 0.2) is 6.61 Å². The van der Waals surface area contributed by atoms with Gasteiger partial charge in [-0.15, -0.1) is 0 Å². The highest BCUT2D eigenvalue weighted by atomic mass is 35.5. The van der Waals surface area contributed by atoms with Gasteiger partial charge in [0.05, 0.1) is 28.9 Å². The zero-order chi connectivity index (χ0) is 34.1. The van der Waals surface area contributed by atoms with Gasteiger partial charge in [0.2, 0.25) is 0 Å². The minimum Gasteiger partial charge on any atom is -0.484 e. The van der Waals surface area contributed by atoms with Gasteiger partial charge in [-0.25, -0.2) is 13.8 Å². The van der Waals surface area contributed by atoms with Gasteiger partial charge in [0.25, 0.3) is 21.8 Å². The maximum absolute atomic E-state index is 14.0. The van der Waals surface area contributed by atoms with Crippen LogP contribution in [0.15, 0.2) is 131 Å². The molecule has 0 aromatic heterocycles. The number of nitrogens with zero attached hydrogens (tertiary/aromatic N) is 2. The average molecular weight is 681 g/mol. The molecule has 0 spiro atoms. The van der Waals surface area contributed by atoms with Crippen molar-refractivity contribution in [1.29, 1.82) is 0 Å². The van der Waals surface area contributed by atoms with Crippen LogP contribution in [0.5, 0.6) is 5.75 Å². The topological polar surface area (TPSA) is 117 Å². The Kier molecular flexibility index (Phi) is 10.9. The molecule has 0 unspecified atom stereocenters. The van der Waals surface area contributed by atoms with Gasteiger partial charge in [-0.2, -0.15) is 5.10 Å². The highest BCUT2D eigenvalue weighted by molar-refractivity contribution is 7.92. The van der Waals surface area contributed by atoms with E-state index in [1.54, 1.807) is 97.1 Å². The normalized spacial score (nSPS) is 11.2. The lowest BCUT2D eigenvalue weighted by molar-refractivity contribution is -0.118. The molecule has 5 rings (SSSR count). The third-order valence-corrected chi connectivity index (χ3v) is 9.26. The Hall–Kier alpha value is -5.45. The number of aryl methyl sites for hydroxylation is 2. The predicted molar refractivity (Wildman–Crippen MR) is 189 cm³/mol. The first-order valence-electron chi connectivity index (χ1n) is 14.9. The van der Waals surface area contributed by atoms with Crippen molar-refractivity contribution in [1.82, 2.24) is 5.43 Å². The van der Waals surface area contributed by atoms with Crippen LogP contribution >= 0.6 is 11.6 Å². The fourth-order valence-corrected chi connectivity index (χ4v) is 6.23. The number of hydrogen-bond donors (Lipinski definition) is 2. The number of anilines is 2. The molecule has 0 saturated carbocycles. The number of benzene rings is 5. The summed E-state index contributed by atoms with van der Waals surface area (Å²) < 4.78 is 34.8. The molecule has 0 heterocycles. The van der Waals surface area contributed by atoms with E-state index in [1.807, 2.05) is 38.1 Å². The summed E-state index contributed by atoms with van der Waals surface area (Å²) in [5.74, 6) is -0.396. The minimum atomic E-state index is -4.09. The summed E-state index contributed by atoms with van der Waals surface area (Å²) in [6, 6.07) is 34.1. The Labute approximate surface area is 284 Å². The summed E-state index contributed by atoms with van der Waals surface area (Å²) in [6.07, 6.45) is 1.45. The van der Waals surface area contributed by atoms with E-state index in [-0.39, 0.29) is 35.2 Å². The van der Waals surface area contributed by atoms with E-state index < -0.39 is 15.9 Å². The van der Waals surface area contributed by atoms with E-state index in [0.717, 1.165) is 11.1 Å². The summed E-state index contributed by atoms with van der Waals surface area (Å²) in [5, 5.41) is 7.39. The molecule has 0 aliphatic rings. The SMILES string of the molecule is Cc1ccc(NC(=O)COc2ccc(/C=N\NC(=O)c3ccccc3N(Cc3ccc(Cl)cc3)S(=O)(=O)c3ccc(C)cc3)cc2)cc1. The molecule has 2 amide bonds. The Morgan fingerprint density at radius 3 is 2.10 bits per heavy atom. The second-order valence-electron chi connectivity index (χ2n) is 10.9. The van der Waals surface area contributed by atoms with E-state index in [9.17, 15) is 18.0 Å². The van der Waals surface area contributed by atoms with Crippen LogP contribution < -0.4 is 19.8 Å². The molecule has 0 bridgehead atoms. The smallest absolute Gasteiger partial charge is 0.273 e. The van der Waals surface area contributed by atoms with Crippen molar-refractivity contribution >= 4 is 51.0 Å². The molecular weight excluding hydrogens is 648 g/mol. The van der Waals surface area contributed by atoms with Crippen LogP contribution in [-0.4, -0.2) is 33.1 Å². The lowest BCUT2D eigenvalue weighted by atomic mass is 10.1. The molecule has 0 fully saturated rings. The molecule has 2 N–H and O–H groups in total. The Bertz CT molecular complexity index is 2020. The summed E-state index contributed by atoms with van der Waals surface area (Å²) >= 11 is 6.07. The first-order valence-corrected chi connectivity index (χ1v) is 16.8. The predicted octanol–water partition coefficient (Wildman–Crippen LogP) is 7.13. The van der Waals surface area contributed by atoms with E-state index in [1.165, 1.54) is 10.5 Å². The van der Waals surface area contributed by atoms with E-state index in [0.29, 0.717) is 27.6 Å². The van der Waals surface area contributed by atoms with E-state index in [2.05, 4.69) is 15.8 Å². The van der Waals surface area contributed by atoms with Crippen molar-refractivity contribution in [3.63, 3.8) is 0 Å². The fraction of sp³-hybridized carbons (Fsp3) is 0.108. The van der Waals surface area contributed by atoms with Crippen LogP contribution in [0.1, 0.15) is 32.6 Å². The van der Waals surface area contributed by atoms with Gasteiger partial charge in [-0.1, -0.05) is 71.3 Å². The zero-order valence-corrected chi connectivity index (χ0v) is 27.8. The van der Waals surface area contributed by atoms with Crippen molar-refractivity contribution < 1.29 is 22.7 Å². The average Bonchev–Trinajstić information content (AvgIpc) is 3.09. The number of halogens is 1. The first-order chi connectivity index (χ1) is 23.1. The number of ether oxygens (including phenoxy) is 1. The first kappa shape index (κ1) is 33.9. The van der Waals surface area contributed by atoms with Gasteiger partial charge in [0, 0.05) is 10.7 Å². The Morgan fingerprint density at radius 1 is 0.812 bits per heavy atom. The number of nitrogens with one attached hydrogen (secondary N) is 2. The van der Waals surface area contributed by atoms with E-state index in [4.69, 9.17) is 16.3 Å². The van der Waals surface area contributed by atoms with Crippen LogP contribution in [0.25, 0.3) is 0 Å².